The zero-order valence-electron chi connectivity index (χ0n) is 10.8. The number of carbonyl (C=O) groups excluding carboxylic acids is 1. The van der Waals surface area contributed by atoms with Crippen LogP contribution in [0.25, 0.3) is 0 Å². The second kappa shape index (κ2) is 6.59. The minimum Gasteiger partial charge on any atom is -0.497 e. The van der Waals surface area contributed by atoms with Crippen LogP contribution in [0.1, 0.15) is 15.9 Å². The van der Waals surface area contributed by atoms with Crippen LogP contribution in [0.5, 0.6) is 5.75 Å². The number of amides is 1. The Bertz CT molecular complexity index is 520. The van der Waals surface area contributed by atoms with Gasteiger partial charge in [0.1, 0.15) is 5.75 Å². The average molecular weight is 254 g/mol. The molecule has 0 atom stereocenters. The maximum absolute atomic E-state index is 11.9. The molecule has 0 saturated heterocycles. The van der Waals surface area contributed by atoms with Crippen molar-refractivity contribution in [1.82, 2.24) is 5.32 Å². The number of nitrogens with one attached hydrogen (secondary N) is 1. The predicted octanol–water partition coefficient (Wildman–Crippen LogP) is 2.47. The van der Waals surface area contributed by atoms with E-state index in [0.29, 0.717) is 12.1 Å². The van der Waals surface area contributed by atoms with Crippen LogP contribution in [-0.4, -0.2) is 19.6 Å². The second-order valence-electron chi connectivity index (χ2n) is 4.14. The Hall–Kier alpha value is -2.29. The molecule has 0 aromatic heterocycles. The summed E-state index contributed by atoms with van der Waals surface area (Å²) >= 11 is 0. The fraction of sp³-hybridized carbons (Fsp3) is 0.188. The quantitative estimate of drug-likeness (QED) is 0.890. The summed E-state index contributed by atoms with van der Waals surface area (Å²) in [6, 6.07) is 17.8. The lowest BCUT2D eigenvalue weighted by Gasteiger charge is -2.06. The van der Waals surface area contributed by atoms with E-state index in [4.69, 9.17) is 4.74 Å². The molecule has 1 N–H and O–H groups in total. The molecule has 19 heavy (non-hydrogen) atoms. The number of benzene rings is 2. The van der Waals surface area contributed by atoms with Gasteiger partial charge in [-0.25, -0.2) is 0 Å². The molecule has 0 saturated carbocycles. The highest BCUT2D eigenvalue weighted by Crippen LogP contribution is 2.11. The molecule has 0 unspecified atom stereocenters. The summed E-state index contributed by atoms with van der Waals surface area (Å²) in [4.78, 5) is 11.9. The molecule has 0 aliphatic carbocycles. The van der Waals surface area contributed by atoms with E-state index in [2.05, 4.69) is 11.4 Å². The van der Waals surface area contributed by atoms with Crippen molar-refractivity contribution in [2.75, 3.05) is 13.7 Å². The molecule has 0 heterocycles. The predicted molar refractivity (Wildman–Crippen MR) is 74.3 cm³/mol. The molecule has 2 rings (SSSR count). The molecule has 1 radical (unpaired) electrons. The normalized spacial score (nSPS) is 9.95. The zero-order chi connectivity index (χ0) is 13.5. The van der Waals surface area contributed by atoms with Crippen molar-refractivity contribution in [3.8, 4) is 5.75 Å². The van der Waals surface area contributed by atoms with Crippen LogP contribution in [0.3, 0.4) is 0 Å². The van der Waals surface area contributed by atoms with Gasteiger partial charge in [-0.2, -0.15) is 0 Å². The molecular formula is C16H16NO2. The summed E-state index contributed by atoms with van der Waals surface area (Å²) in [7, 11) is 1.60. The fourth-order valence-corrected chi connectivity index (χ4v) is 1.75. The highest BCUT2D eigenvalue weighted by atomic mass is 16.5. The van der Waals surface area contributed by atoms with E-state index in [9.17, 15) is 4.79 Å². The number of methoxy groups -OCH3 is 1. The molecule has 3 heteroatoms. The molecule has 0 spiro atoms. The molecule has 0 fully saturated rings. The Labute approximate surface area is 113 Å². The van der Waals surface area contributed by atoms with Crippen molar-refractivity contribution in [2.45, 2.75) is 6.42 Å². The lowest BCUT2D eigenvalue weighted by Crippen LogP contribution is -2.25. The van der Waals surface area contributed by atoms with E-state index < -0.39 is 0 Å². The van der Waals surface area contributed by atoms with E-state index in [1.54, 1.807) is 31.4 Å². The van der Waals surface area contributed by atoms with Gasteiger partial charge >= 0.3 is 0 Å². The van der Waals surface area contributed by atoms with Crippen molar-refractivity contribution in [1.29, 1.82) is 0 Å². The fourth-order valence-electron chi connectivity index (χ4n) is 1.75. The summed E-state index contributed by atoms with van der Waals surface area (Å²) in [5, 5.41) is 2.89. The van der Waals surface area contributed by atoms with E-state index in [0.717, 1.165) is 12.2 Å². The van der Waals surface area contributed by atoms with Gasteiger partial charge in [-0.1, -0.05) is 24.3 Å². The summed E-state index contributed by atoms with van der Waals surface area (Å²) in [5.74, 6) is 0.683. The second-order valence-corrected chi connectivity index (χ2v) is 4.14. The van der Waals surface area contributed by atoms with Gasteiger partial charge in [0.2, 0.25) is 0 Å². The monoisotopic (exact) mass is 254 g/mol. The molecule has 3 nitrogen and oxygen atoms in total. The van der Waals surface area contributed by atoms with Gasteiger partial charge in [-0.3, -0.25) is 4.79 Å². The Morgan fingerprint density at radius 2 is 1.84 bits per heavy atom. The Balaban J connectivity index is 1.84. The standard InChI is InChI=1S/C16H16NO2/c1-19-15-9-7-14(8-10-15)16(18)17-12-11-13-5-3-2-4-6-13/h3-10H,11-12H2,1H3,(H,17,18). The number of hydrogen-bond donors (Lipinski definition) is 1. The maximum Gasteiger partial charge on any atom is 0.251 e. The van der Waals surface area contributed by atoms with Gasteiger partial charge < -0.3 is 10.1 Å². The van der Waals surface area contributed by atoms with Gasteiger partial charge in [0, 0.05) is 12.1 Å². The first-order valence-electron chi connectivity index (χ1n) is 6.17. The highest BCUT2D eigenvalue weighted by Gasteiger charge is 2.04. The summed E-state index contributed by atoms with van der Waals surface area (Å²) in [5.41, 5.74) is 1.83. The average Bonchev–Trinajstić information content (AvgIpc) is 2.48. The molecular weight excluding hydrogens is 238 g/mol. The Morgan fingerprint density at radius 1 is 1.16 bits per heavy atom. The van der Waals surface area contributed by atoms with E-state index in [-0.39, 0.29) is 5.91 Å². The summed E-state index contributed by atoms with van der Waals surface area (Å²) in [6.45, 7) is 0.620. The van der Waals surface area contributed by atoms with Crippen molar-refractivity contribution in [3.63, 3.8) is 0 Å². The molecule has 2 aromatic carbocycles. The van der Waals surface area contributed by atoms with E-state index >= 15 is 0 Å². The smallest absolute Gasteiger partial charge is 0.251 e. The van der Waals surface area contributed by atoms with Crippen LogP contribution in [-0.2, 0) is 6.42 Å². The number of hydrogen-bond acceptors (Lipinski definition) is 2. The van der Waals surface area contributed by atoms with Crippen LogP contribution in [0.4, 0.5) is 0 Å². The first kappa shape index (κ1) is 13.1. The number of rotatable bonds is 5. The SMILES string of the molecule is COc1ccc(C(=O)NCCc2cc[c]cc2)cc1. The Kier molecular flexibility index (Phi) is 4.56. The van der Waals surface area contributed by atoms with Crippen molar-refractivity contribution >= 4 is 5.91 Å². The van der Waals surface area contributed by atoms with Crippen LogP contribution in [0.2, 0.25) is 0 Å². The molecule has 0 aliphatic rings. The van der Waals surface area contributed by atoms with Gasteiger partial charge in [0.25, 0.3) is 5.91 Å². The topological polar surface area (TPSA) is 38.3 Å². The van der Waals surface area contributed by atoms with Crippen molar-refractivity contribution in [2.24, 2.45) is 0 Å². The van der Waals surface area contributed by atoms with E-state index in [1.165, 1.54) is 5.56 Å². The van der Waals surface area contributed by atoms with Crippen molar-refractivity contribution in [3.05, 3.63) is 65.7 Å². The minimum absolute atomic E-state index is 0.0647. The lowest BCUT2D eigenvalue weighted by atomic mass is 10.1. The molecule has 0 bridgehead atoms. The molecule has 97 valence electrons. The van der Waals surface area contributed by atoms with Crippen LogP contribution >= 0.6 is 0 Å². The maximum atomic E-state index is 11.9. The van der Waals surface area contributed by atoms with Gasteiger partial charge in [-0.15, -0.1) is 0 Å². The van der Waals surface area contributed by atoms with Crippen molar-refractivity contribution < 1.29 is 9.53 Å². The molecule has 2 aromatic rings. The first-order valence-corrected chi connectivity index (χ1v) is 6.17. The van der Waals surface area contributed by atoms with E-state index in [1.807, 2.05) is 24.3 Å². The lowest BCUT2D eigenvalue weighted by molar-refractivity contribution is 0.0954. The molecule has 1 amide bonds. The third kappa shape index (κ3) is 3.85. The van der Waals surface area contributed by atoms with Crippen LogP contribution < -0.4 is 10.1 Å². The van der Waals surface area contributed by atoms with Gasteiger partial charge in [-0.05, 0) is 42.3 Å². The van der Waals surface area contributed by atoms with Crippen LogP contribution in [0.15, 0.2) is 48.5 Å². The molecule has 0 aliphatic heterocycles. The highest BCUT2D eigenvalue weighted by molar-refractivity contribution is 5.94. The number of carbonyl (C=O) groups is 1. The third-order valence-corrected chi connectivity index (χ3v) is 2.84. The zero-order valence-corrected chi connectivity index (χ0v) is 10.8. The van der Waals surface area contributed by atoms with Gasteiger partial charge in [0.15, 0.2) is 0 Å². The summed E-state index contributed by atoms with van der Waals surface area (Å²) in [6.07, 6.45) is 0.816. The first-order chi connectivity index (χ1) is 9.29. The summed E-state index contributed by atoms with van der Waals surface area (Å²) < 4.78 is 5.05. The largest absolute Gasteiger partial charge is 0.497 e. The number of ether oxygens (including phenoxy) is 1. The van der Waals surface area contributed by atoms with Gasteiger partial charge in [0.05, 0.1) is 7.11 Å². The minimum atomic E-state index is -0.0647. The van der Waals surface area contributed by atoms with Crippen LogP contribution in [0, 0.1) is 6.07 Å². The third-order valence-electron chi connectivity index (χ3n) is 2.84. The Morgan fingerprint density at radius 3 is 2.47 bits per heavy atom.